The van der Waals surface area contributed by atoms with Gasteiger partial charge >= 0.3 is 0 Å². The van der Waals surface area contributed by atoms with Crippen LogP contribution in [-0.2, 0) is 4.79 Å². The van der Waals surface area contributed by atoms with Gasteiger partial charge < -0.3 is 14.4 Å². The first-order chi connectivity index (χ1) is 9.22. The molecule has 1 aliphatic rings. The third kappa shape index (κ3) is 2.74. The zero-order chi connectivity index (χ0) is 13.2. The van der Waals surface area contributed by atoms with E-state index < -0.39 is 0 Å². The topological polar surface area (TPSA) is 66.6 Å². The van der Waals surface area contributed by atoms with Crippen molar-refractivity contribution in [1.29, 1.82) is 0 Å². The minimum atomic E-state index is -0.377. The number of carbonyl (C=O) groups excluding carboxylic acids is 1. The second-order valence-corrected chi connectivity index (χ2v) is 5.45. The third-order valence-electron chi connectivity index (χ3n) is 3.11. The van der Waals surface area contributed by atoms with Gasteiger partial charge in [0, 0.05) is 13.1 Å². The lowest BCUT2D eigenvalue weighted by Gasteiger charge is -2.14. The van der Waals surface area contributed by atoms with E-state index in [-0.39, 0.29) is 12.0 Å². The predicted octanol–water partition coefficient (Wildman–Crippen LogP) is 1.51. The Labute approximate surface area is 114 Å². The molecule has 0 saturated carbocycles. The van der Waals surface area contributed by atoms with Gasteiger partial charge in [-0.15, -0.1) is 0 Å². The van der Waals surface area contributed by atoms with Crippen LogP contribution in [0.2, 0.25) is 0 Å². The van der Waals surface area contributed by atoms with Crippen molar-refractivity contribution in [3.05, 3.63) is 24.3 Å². The van der Waals surface area contributed by atoms with Gasteiger partial charge in [0.15, 0.2) is 5.58 Å². The third-order valence-corrected chi connectivity index (χ3v) is 3.92. The van der Waals surface area contributed by atoms with Gasteiger partial charge in [-0.1, -0.05) is 23.9 Å². The number of thioether (sulfide) groups is 1. The highest BCUT2D eigenvalue weighted by molar-refractivity contribution is 7.99. The normalized spacial score (nSPS) is 19.2. The summed E-state index contributed by atoms with van der Waals surface area (Å²) in [7, 11) is 0. The van der Waals surface area contributed by atoms with Gasteiger partial charge in [0.2, 0.25) is 5.91 Å². The molecular formula is C13H14N2O3S. The average molecular weight is 278 g/mol. The van der Waals surface area contributed by atoms with E-state index in [9.17, 15) is 9.90 Å². The van der Waals surface area contributed by atoms with Crippen molar-refractivity contribution >= 4 is 28.8 Å². The van der Waals surface area contributed by atoms with Gasteiger partial charge in [0.1, 0.15) is 5.52 Å². The summed E-state index contributed by atoms with van der Waals surface area (Å²) in [5.74, 6) is 0.309. The Morgan fingerprint density at radius 3 is 3.11 bits per heavy atom. The second kappa shape index (κ2) is 5.22. The van der Waals surface area contributed by atoms with Gasteiger partial charge in [-0.05, 0) is 18.6 Å². The SMILES string of the molecule is O=C(CSc1nc2ccccc2o1)N1CCC(O)C1. The largest absolute Gasteiger partial charge is 0.431 e. The number of aliphatic hydroxyl groups is 1. The van der Waals surface area contributed by atoms with Crippen molar-refractivity contribution in [3.8, 4) is 0 Å². The predicted molar refractivity (Wildman–Crippen MR) is 71.9 cm³/mol. The number of para-hydroxylation sites is 2. The molecule has 1 aromatic carbocycles. The Bertz CT molecular complexity index is 565. The zero-order valence-corrected chi connectivity index (χ0v) is 11.1. The molecule has 0 spiro atoms. The molecular weight excluding hydrogens is 264 g/mol. The van der Waals surface area contributed by atoms with E-state index in [2.05, 4.69) is 4.98 Å². The molecule has 0 radical (unpaired) electrons. The van der Waals surface area contributed by atoms with Crippen LogP contribution in [0.25, 0.3) is 11.1 Å². The minimum absolute atomic E-state index is 0.0174. The number of benzene rings is 1. The molecule has 100 valence electrons. The number of fused-ring (bicyclic) bond motifs is 1. The van der Waals surface area contributed by atoms with Crippen LogP contribution in [0.3, 0.4) is 0 Å². The van der Waals surface area contributed by atoms with Crippen LogP contribution in [0.1, 0.15) is 6.42 Å². The van der Waals surface area contributed by atoms with Gasteiger partial charge in [-0.3, -0.25) is 4.79 Å². The van der Waals surface area contributed by atoms with Crippen LogP contribution in [0.4, 0.5) is 0 Å². The maximum atomic E-state index is 11.9. The van der Waals surface area contributed by atoms with Crippen molar-refractivity contribution in [1.82, 2.24) is 9.88 Å². The molecule has 1 fully saturated rings. The molecule has 0 bridgehead atoms. The molecule has 1 aliphatic heterocycles. The number of nitrogens with zero attached hydrogens (tertiary/aromatic N) is 2. The van der Waals surface area contributed by atoms with E-state index in [1.165, 1.54) is 11.8 Å². The highest BCUT2D eigenvalue weighted by atomic mass is 32.2. The number of aromatic nitrogens is 1. The molecule has 1 unspecified atom stereocenters. The second-order valence-electron chi connectivity index (χ2n) is 4.52. The summed E-state index contributed by atoms with van der Waals surface area (Å²) in [6.07, 6.45) is 0.289. The molecule has 0 aliphatic carbocycles. The highest BCUT2D eigenvalue weighted by Gasteiger charge is 2.24. The number of hydrogen-bond donors (Lipinski definition) is 1. The molecule has 1 saturated heterocycles. The highest BCUT2D eigenvalue weighted by Crippen LogP contribution is 2.23. The maximum Gasteiger partial charge on any atom is 0.257 e. The fourth-order valence-corrected chi connectivity index (χ4v) is 2.84. The summed E-state index contributed by atoms with van der Waals surface area (Å²) in [4.78, 5) is 17.9. The van der Waals surface area contributed by atoms with Crippen LogP contribution >= 0.6 is 11.8 Å². The molecule has 6 heteroatoms. The Balaban J connectivity index is 1.61. The molecule has 2 heterocycles. The number of hydrogen-bond acceptors (Lipinski definition) is 5. The fraction of sp³-hybridized carbons (Fsp3) is 0.385. The summed E-state index contributed by atoms with van der Waals surface area (Å²) in [5.41, 5.74) is 1.53. The van der Waals surface area contributed by atoms with Crippen LogP contribution < -0.4 is 0 Å². The van der Waals surface area contributed by atoms with E-state index in [1.54, 1.807) is 4.90 Å². The smallest absolute Gasteiger partial charge is 0.257 e. The number of oxazole rings is 1. The molecule has 1 aromatic heterocycles. The molecule has 1 N–H and O–H groups in total. The van der Waals surface area contributed by atoms with Gasteiger partial charge in [0.05, 0.1) is 11.9 Å². The van der Waals surface area contributed by atoms with E-state index in [0.29, 0.717) is 30.5 Å². The lowest BCUT2D eigenvalue weighted by atomic mass is 10.3. The summed E-state index contributed by atoms with van der Waals surface area (Å²) < 4.78 is 5.53. The van der Waals surface area contributed by atoms with Crippen molar-refractivity contribution in [2.75, 3.05) is 18.8 Å². The first-order valence-electron chi connectivity index (χ1n) is 6.16. The van der Waals surface area contributed by atoms with E-state index in [1.807, 2.05) is 24.3 Å². The minimum Gasteiger partial charge on any atom is -0.431 e. The molecule has 5 nitrogen and oxygen atoms in total. The summed E-state index contributed by atoms with van der Waals surface area (Å²) in [6.45, 7) is 1.07. The van der Waals surface area contributed by atoms with Crippen molar-refractivity contribution in [2.45, 2.75) is 17.7 Å². The first kappa shape index (κ1) is 12.5. The quantitative estimate of drug-likeness (QED) is 0.862. The standard InChI is InChI=1S/C13H14N2O3S/c16-9-5-6-15(7-9)12(17)8-19-13-14-10-3-1-2-4-11(10)18-13/h1-4,9,16H,5-8H2. The molecule has 1 atom stereocenters. The Hall–Kier alpha value is -1.53. The lowest BCUT2D eigenvalue weighted by molar-refractivity contribution is -0.127. The molecule has 1 amide bonds. The summed E-state index contributed by atoms with van der Waals surface area (Å²) >= 11 is 1.29. The average Bonchev–Trinajstić information content (AvgIpc) is 3.01. The number of rotatable bonds is 3. The van der Waals surface area contributed by atoms with Crippen LogP contribution in [-0.4, -0.2) is 45.8 Å². The number of aliphatic hydroxyl groups excluding tert-OH is 1. The number of β-amino-alcohol motifs (C(OH)–C–C–N with tert-alkyl or cyclic N) is 1. The molecule has 2 aromatic rings. The number of carbonyl (C=O) groups is 1. The summed E-state index contributed by atoms with van der Waals surface area (Å²) in [5, 5.41) is 9.91. The first-order valence-corrected chi connectivity index (χ1v) is 7.15. The van der Waals surface area contributed by atoms with Crippen molar-refractivity contribution < 1.29 is 14.3 Å². The fourth-order valence-electron chi connectivity index (χ4n) is 2.10. The Morgan fingerprint density at radius 2 is 2.37 bits per heavy atom. The summed E-state index contributed by atoms with van der Waals surface area (Å²) in [6, 6.07) is 7.52. The monoisotopic (exact) mass is 278 g/mol. The molecule has 19 heavy (non-hydrogen) atoms. The lowest BCUT2D eigenvalue weighted by Crippen LogP contribution is -2.30. The van der Waals surface area contributed by atoms with Gasteiger partial charge in [0.25, 0.3) is 5.22 Å². The number of likely N-dealkylation sites (tertiary alicyclic amines) is 1. The van der Waals surface area contributed by atoms with E-state index in [4.69, 9.17) is 4.42 Å². The van der Waals surface area contributed by atoms with Crippen molar-refractivity contribution in [2.24, 2.45) is 0 Å². The van der Waals surface area contributed by atoms with Gasteiger partial charge in [-0.2, -0.15) is 0 Å². The van der Waals surface area contributed by atoms with E-state index >= 15 is 0 Å². The van der Waals surface area contributed by atoms with Crippen LogP contribution in [0.5, 0.6) is 0 Å². The maximum absolute atomic E-state index is 11.9. The van der Waals surface area contributed by atoms with Gasteiger partial charge in [-0.25, -0.2) is 4.98 Å². The zero-order valence-electron chi connectivity index (χ0n) is 10.3. The molecule has 3 rings (SSSR count). The Morgan fingerprint density at radius 1 is 1.53 bits per heavy atom. The van der Waals surface area contributed by atoms with Crippen molar-refractivity contribution in [3.63, 3.8) is 0 Å². The number of amides is 1. The Kier molecular flexibility index (Phi) is 3.44. The van der Waals surface area contributed by atoms with E-state index in [0.717, 1.165) is 11.1 Å². The van der Waals surface area contributed by atoms with Crippen LogP contribution in [0, 0.1) is 0 Å². The van der Waals surface area contributed by atoms with Crippen LogP contribution in [0.15, 0.2) is 33.9 Å².